The highest BCUT2D eigenvalue weighted by Crippen LogP contribution is 2.37. The molecule has 1 aliphatic rings. The van der Waals surface area contributed by atoms with Gasteiger partial charge in [-0.3, -0.25) is 0 Å². The molecule has 0 aliphatic carbocycles. The molecule has 0 aromatic rings. The lowest BCUT2D eigenvalue weighted by Crippen LogP contribution is -2.63. The van der Waals surface area contributed by atoms with Gasteiger partial charge in [-0.05, 0) is 5.41 Å². The number of aliphatic hydroxyl groups is 3. The van der Waals surface area contributed by atoms with Gasteiger partial charge in [-0.15, -0.1) is 0 Å². The van der Waals surface area contributed by atoms with E-state index in [1.165, 1.54) is 0 Å². The van der Waals surface area contributed by atoms with Gasteiger partial charge in [0.05, 0.1) is 12.7 Å². The highest BCUT2D eigenvalue weighted by Gasteiger charge is 2.52. The van der Waals surface area contributed by atoms with Gasteiger partial charge < -0.3 is 25.2 Å². The van der Waals surface area contributed by atoms with Crippen LogP contribution in [0.3, 0.4) is 0 Å². The van der Waals surface area contributed by atoms with E-state index in [0.29, 0.717) is 0 Å². The van der Waals surface area contributed by atoms with Crippen LogP contribution >= 0.6 is 0 Å². The van der Waals surface area contributed by atoms with E-state index < -0.39 is 41.9 Å². The van der Waals surface area contributed by atoms with Gasteiger partial charge >= 0.3 is 5.97 Å². The molecule has 1 heterocycles. The number of carbonyl (C=O) groups is 1. The van der Waals surface area contributed by atoms with Crippen LogP contribution in [0.4, 0.5) is 0 Å². The van der Waals surface area contributed by atoms with Crippen LogP contribution in [0, 0.1) is 5.41 Å². The molecule has 4 atom stereocenters. The zero-order valence-electron chi connectivity index (χ0n) is 10.3. The summed E-state index contributed by atoms with van der Waals surface area (Å²) in [6.45, 7) is 4.60. The molecular formula is C11H20O6. The second kappa shape index (κ2) is 4.53. The van der Waals surface area contributed by atoms with E-state index in [1.807, 2.05) is 0 Å². The van der Waals surface area contributed by atoms with Crippen LogP contribution in [0.1, 0.15) is 27.2 Å². The third kappa shape index (κ3) is 2.77. The van der Waals surface area contributed by atoms with Gasteiger partial charge in [-0.25, -0.2) is 4.79 Å². The number of hydrogen-bond donors (Lipinski definition) is 4. The average Bonchev–Trinajstić information content (AvgIpc) is 2.20. The second-order valence-corrected chi connectivity index (χ2v) is 5.66. The fraction of sp³-hybridized carbons (Fsp3) is 0.909. The maximum Gasteiger partial charge on any atom is 0.332 e. The predicted octanol–water partition coefficient (Wildman–Crippen LogP) is -0.641. The van der Waals surface area contributed by atoms with E-state index in [1.54, 1.807) is 20.8 Å². The largest absolute Gasteiger partial charge is 0.479 e. The summed E-state index contributed by atoms with van der Waals surface area (Å²) in [5, 5.41) is 38.1. The molecule has 0 aromatic heterocycles. The Kier molecular flexibility index (Phi) is 3.83. The standard InChI is InChI=1S/C11H20O6/c1-10(2,3)8-7(13)11(16,5-12)4-6(17-8)9(14)15/h6-8,12-13,16H,4-5H2,1-3H3,(H,14,15). The van der Waals surface area contributed by atoms with Crippen molar-refractivity contribution in [3.63, 3.8) is 0 Å². The van der Waals surface area contributed by atoms with Crippen LogP contribution in [0.5, 0.6) is 0 Å². The molecule has 0 spiro atoms. The van der Waals surface area contributed by atoms with Crippen molar-refractivity contribution in [2.45, 2.75) is 51.1 Å². The maximum absolute atomic E-state index is 10.9. The number of rotatable bonds is 2. The molecule has 6 heteroatoms. The number of ether oxygens (including phenoxy) is 1. The van der Waals surface area contributed by atoms with Gasteiger partial charge in [0.25, 0.3) is 0 Å². The first-order chi connectivity index (χ1) is 7.62. The van der Waals surface area contributed by atoms with Crippen molar-refractivity contribution in [2.24, 2.45) is 5.41 Å². The summed E-state index contributed by atoms with van der Waals surface area (Å²) in [5.41, 5.74) is -2.38. The zero-order chi connectivity index (χ0) is 13.4. The van der Waals surface area contributed by atoms with Crippen LogP contribution in [-0.4, -0.2) is 56.9 Å². The Morgan fingerprint density at radius 2 is 2.00 bits per heavy atom. The first-order valence-electron chi connectivity index (χ1n) is 5.51. The first-order valence-corrected chi connectivity index (χ1v) is 5.51. The molecule has 100 valence electrons. The lowest BCUT2D eigenvalue weighted by molar-refractivity contribution is -0.250. The monoisotopic (exact) mass is 248 g/mol. The number of hydrogen-bond acceptors (Lipinski definition) is 5. The third-order valence-electron chi connectivity index (χ3n) is 3.09. The normalized spacial score (nSPS) is 39.1. The van der Waals surface area contributed by atoms with Gasteiger partial charge in [0, 0.05) is 6.42 Å². The van der Waals surface area contributed by atoms with Crippen LogP contribution in [-0.2, 0) is 9.53 Å². The van der Waals surface area contributed by atoms with Crippen molar-refractivity contribution in [3.8, 4) is 0 Å². The number of carboxylic acids is 1. The van der Waals surface area contributed by atoms with Gasteiger partial charge in [0.2, 0.25) is 0 Å². The van der Waals surface area contributed by atoms with E-state index in [0.717, 1.165) is 0 Å². The molecule has 6 nitrogen and oxygen atoms in total. The van der Waals surface area contributed by atoms with E-state index in [-0.39, 0.29) is 6.42 Å². The van der Waals surface area contributed by atoms with E-state index in [2.05, 4.69) is 0 Å². The quantitative estimate of drug-likeness (QED) is 0.518. The van der Waals surface area contributed by atoms with Crippen LogP contribution in [0.2, 0.25) is 0 Å². The molecule has 1 fully saturated rings. The minimum Gasteiger partial charge on any atom is -0.479 e. The van der Waals surface area contributed by atoms with E-state index in [9.17, 15) is 15.0 Å². The summed E-state index contributed by atoms with van der Waals surface area (Å²) >= 11 is 0. The SMILES string of the molecule is CC(C)(C)C1OC(C(=O)O)CC(O)(CO)C1O. The van der Waals surface area contributed by atoms with Gasteiger partial charge in [-0.1, -0.05) is 20.8 Å². The fourth-order valence-electron chi connectivity index (χ4n) is 2.00. The first kappa shape index (κ1) is 14.4. The molecule has 4 unspecified atom stereocenters. The molecular weight excluding hydrogens is 228 g/mol. The number of carboxylic acid groups (broad SMARTS) is 1. The third-order valence-corrected chi connectivity index (χ3v) is 3.09. The number of aliphatic carboxylic acids is 1. The molecule has 1 rings (SSSR count). The Morgan fingerprint density at radius 3 is 2.35 bits per heavy atom. The summed E-state index contributed by atoms with van der Waals surface area (Å²) < 4.78 is 5.30. The van der Waals surface area contributed by atoms with Crippen LogP contribution in [0.25, 0.3) is 0 Å². The molecule has 0 radical (unpaired) electrons. The Bertz CT molecular complexity index is 297. The molecule has 0 saturated carbocycles. The van der Waals surface area contributed by atoms with Crippen molar-refractivity contribution in [3.05, 3.63) is 0 Å². The summed E-state index contributed by atoms with van der Waals surface area (Å²) in [6, 6.07) is 0. The second-order valence-electron chi connectivity index (χ2n) is 5.66. The minimum absolute atomic E-state index is 0.327. The maximum atomic E-state index is 10.9. The number of aliphatic hydroxyl groups excluding tert-OH is 2. The predicted molar refractivity (Wildman–Crippen MR) is 58.4 cm³/mol. The van der Waals surface area contributed by atoms with Crippen LogP contribution < -0.4 is 0 Å². The van der Waals surface area contributed by atoms with Crippen molar-refractivity contribution < 1.29 is 30.0 Å². The van der Waals surface area contributed by atoms with E-state index >= 15 is 0 Å². The Morgan fingerprint density at radius 1 is 1.47 bits per heavy atom. The molecule has 4 N–H and O–H groups in total. The Labute approximate surface area is 99.8 Å². The lowest BCUT2D eigenvalue weighted by atomic mass is 9.75. The zero-order valence-corrected chi connectivity index (χ0v) is 10.3. The highest BCUT2D eigenvalue weighted by atomic mass is 16.5. The van der Waals surface area contributed by atoms with Crippen molar-refractivity contribution >= 4 is 5.97 Å². The van der Waals surface area contributed by atoms with Crippen LogP contribution in [0.15, 0.2) is 0 Å². The molecule has 0 amide bonds. The summed E-state index contributed by atoms with van der Waals surface area (Å²) in [4.78, 5) is 10.9. The Hall–Kier alpha value is -0.690. The van der Waals surface area contributed by atoms with Crippen molar-refractivity contribution in [1.82, 2.24) is 0 Å². The van der Waals surface area contributed by atoms with Gasteiger partial charge in [0.1, 0.15) is 11.7 Å². The Balaban J connectivity index is 3.03. The minimum atomic E-state index is -1.83. The van der Waals surface area contributed by atoms with Gasteiger partial charge in [0.15, 0.2) is 6.10 Å². The summed E-state index contributed by atoms with van der Waals surface area (Å²) in [7, 11) is 0. The van der Waals surface area contributed by atoms with Crippen molar-refractivity contribution in [2.75, 3.05) is 6.61 Å². The average molecular weight is 248 g/mol. The van der Waals surface area contributed by atoms with E-state index in [4.69, 9.17) is 14.9 Å². The lowest BCUT2D eigenvalue weighted by Gasteiger charge is -2.47. The molecule has 0 bridgehead atoms. The molecule has 1 aliphatic heterocycles. The summed E-state index contributed by atoms with van der Waals surface area (Å²) in [6.07, 6.45) is -3.72. The highest BCUT2D eigenvalue weighted by molar-refractivity contribution is 5.72. The molecule has 1 saturated heterocycles. The fourth-order valence-corrected chi connectivity index (χ4v) is 2.00. The van der Waals surface area contributed by atoms with Gasteiger partial charge in [-0.2, -0.15) is 0 Å². The molecule has 0 aromatic carbocycles. The smallest absolute Gasteiger partial charge is 0.332 e. The topological polar surface area (TPSA) is 107 Å². The molecule has 17 heavy (non-hydrogen) atoms. The summed E-state index contributed by atoms with van der Waals surface area (Å²) in [5.74, 6) is -1.21. The van der Waals surface area contributed by atoms with Crippen molar-refractivity contribution in [1.29, 1.82) is 0 Å².